The molecule has 0 aliphatic heterocycles. The highest BCUT2D eigenvalue weighted by Crippen LogP contribution is 2.15. The molecule has 3 N–H and O–H groups in total. The number of aryl methyl sites for hydroxylation is 1. The first-order valence-electron chi connectivity index (χ1n) is 9.23. The van der Waals surface area contributed by atoms with Crippen LogP contribution in [0, 0.1) is 0 Å². The number of aliphatic imine (C=N–C) groups is 1. The van der Waals surface area contributed by atoms with Crippen LogP contribution in [-0.2, 0) is 13.6 Å². The highest BCUT2D eigenvalue weighted by Gasteiger charge is 2.21. The molecule has 0 aliphatic carbocycles. The van der Waals surface area contributed by atoms with Gasteiger partial charge in [-0.2, -0.15) is 5.10 Å². The smallest absolute Gasteiger partial charge is 0.191 e. The van der Waals surface area contributed by atoms with Crippen LogP contribution >= 0.6 is 0 Å². The van der Waals surface area contributed by atoms with Crippen LogP contribution in [0.4, 0.5) is 0 Å². The van der Waals surface area contributed by atoms with Gasteiger partial charge in [-0.1, -0.05) is 30.3 Å². The predicted molar refractivity (Wildman–Crippen MR) is 108 cm³/mol. The van der Waals surface area contributed by atoms with E-state index in [2.05, 4.69) is 78.0 Å². The minimum Gasteiger partial charge on any atom is -0.357 e. The Morgan fingerprint density at radius 3 is 2.54 bits per heavy atom. The van der Waals surface area contributed by atoms with Gasteiger partial charge in [-0.25, -0.2) is 4.99 Å². The maximum atomic E-state index is 4.66. The predicted octanol–water partition coefficient (Wildman–Crippen LogP) is 2.60. The van der Waals surface area contributed by atoms with E-state index in [-0.39, 0.29) is 11.6 Å². The maximum absolute atomic E-state index is 4.66. The molecule has 1 heterocycles. The molecular weight excluding hydrogens is 324 g/mol. The first-order valence-corrected chi connectivity index (χ1v) is 9.23. The monoisotopic (exact) mass is 356 g/mol. The van der Waals surface area contributed by atoms with Crippen LogP contribution < -0.4 is 16.0 Å². The molecule has 1 atom stereocenters. The van der Waals surface area contributed by atoms with Crippen LogP contribution in [0.5, 0.6) is 0 Å². The van der Waals surface area contributed by atoms with Crippen LogP contribution in [0.1, 0.15) is 45.0 Å². The molecule has 0 spiro atoms. The molecule has 0 aliphatic rings. The molecule has 0 amide bonds. The third kappa shape index (κ3) is 6.19. The zero-order valence-corrected chi connectivity index (χ0v) is 16.6. The first kappa shape index (κ1) is 20.0. The van der Waals surface area contributed by atoms with Crippen molar-refractivity contribution in [1.29, 1.82) is 0 Å². The van der Waals surface area contributed by atoms with Crippen molar-refractivity contribution in [1.82, 2.24) is 25.7 Å². The Hall–Kier alpha value is -2.34. The van der Waals surface area contributed by atoms with Crippen LogP contribution in [-0.4, -0.2) is 34.4 Å². The van der Waals surface area contributed by atoms with Crippen molar-refractivity contribution in [3.63, 3.8) is 0 Å². The fourth-order valence-electron chi connectivity index (χ4n) is 2.83. The lowest BCUT2D eigenvalue weighted by Crippen LogP contribution is -2.52. The average molecular weight is 357 g/mol. The Balaban J connectivity index is 1.92. The number of guanidine groups is 1. The van der Waals surface area contributed by atoms with Crippen molar-refractivity contribution in [3.8, 4) is 0 Å². The van der Waals surface area contributed by atoms with Crippen LogP contribution in [0.2, 0.25) is 0 Å². The van der Waals surface area contributed by atoms with Crippen molar-refractivity contribution in [2.24, 2.45) is 12.0 Å². The Labute approximate surface area is 157 Å². The van der Waals surface area contributed by atoms with E-state index in [4.69, 9.17) is 0 Å². The first-order chi connectivity index (χ1) is 12.4. The molecule has 0 saturated carbocycles. The summed E-state index contributed by atoms with van der Waals surface area (Å²) >= 11 is 0. The third-order valence-electron chi connectivity index (χ3n) is 4.27. The molecule has 0 radical (unpaired) electrons. The molecule has 6 heteroatoms. The highest BCUT2D eigenvalue weighted by molar-refractivity contribution is 5.79. The lowest BCUT2D eigenvalue weighted by molar-refractivity contribution is 0.345. The van der Waals surface area contributed by atoms with Gasteiger partial charge in [-0.3, -0.25) is 4.68 Å². The number of benzene rings is 1. The van der Waals surface area contributed by atoms with E-state index in [1.165, 1.54) is 5.56 Å². The largest absolute Gasteiger partial charge is 0.357 e. The molecule has 2 aromatic rings. The SMILES string of the molecule is CCNC(=NCc1ccnn1C)NCC(C)(C)NC(C)c1ccccc1. The Kier molecular flexibility index (Phi) is 7.21. The van der Waals surface area contributed by atoms with Crippen molar-refractivity contribution < 1.29 is 0 Å². The maximum Gasteiger partial charge on any atom is 0.191 e. The zero-order valence-electron chi connectivity index (χ0n) is 16.6. The molecule has 2 rings (SSSR count). The van der Waals surface area contributed by atoms with Crippen molar-refractivity contribution in [3.05, 3.63) is 53.9 Å². The van der Waals surface area contributed by atoms with E-state index in [1.54, 1.807) is 6.20 Å². The Bertz CT molecular complexity index is 689. The van der Waals surface area contributed by atoms with Crippen molar-refractivity contribution >= 4 is 5.96 Å². The van der Waals surface area contributed by atoms with Gasteiger partial charge in [-0.05, 0) is 39.3 Å². The standard InChI is InChI=1S/C20H32N6/c1-6-21-19(22-14-18-12-13-24-26(18)5)23-15-20(3,4)25-16(2)17-10-8-7-9-11-17/h7-13,16,25H,6,14-15H2,1-5H3,(H2,21,22,23). The lowest BCUT2D eigenvalue weighted by atomic mass is 10.0. The van der Waals surface area contributed by atoms with Gasteiger partial charge in [0.25, 0.3) is 0 Å². The molecule has 26 heavy (non-hydrogen) atoms. The van der Waals surface area contributed by atoms with E-state index >= 15 is 0 Å². The van der Waals surface area contributed by atoms with Gasteiger partial charge in [0.2, 0.25) is 0 Å². The number of aromatic nitrogens is 2. The third-order valence-corrected chi connectivity index (χ3v) is 4.27. The highest BCUT2D eigenvalue weighted by atomic mass is 15.3. The molecular formula is C20H32N6. The summed E-state index contributed by atoms with van der Waals surface area (Å²) in [6, 6.07) is 12.8. The lowest BCUT2D eigenvalue weighted by Gasteiger charge is -2.31. The van der Waals surface area contributed by atoms with Crippen LogP contribution in [0.25, 0.3) is 0 Å². The molecule has 6 nitrogen and oxygen atoms in total. The van der Waals surface area contributed by atoms with E-state index in [0.29, 0.717) is 6.54 Å². The van der Waals surface area contributed by atoms with E-state index in [9.17, 15) is 0 Å². The van der Waals surface area contributed by atoms with Crippen molar-refractivity contribution in [2.75, 3.05) is 13.1 Å². The van der Waals surface area contributed by atoms with Crippen LogP contribution in [0.15, 0.2) is 47.6 Å². The summed E-state index contributed by atoms with van der Waals surface area (Å²) in [6.45, 7) is 10.8. The molecule has 0 saturated heterocycles. The second-order valence-electron chi connectivity index (χ2n) is 7.16. The summed E-state index contributed by atoms with van der Waals surface area (Å²) in [5.74, 6) is 0.816. The van der Waals surface area contributed by atoms with E-state index in [1.807, 2.05) is 23.9 Å². The molecule has 1 unspecified atom stereocenters. The van der Waals surface area contributed by atoms with Crippen molar-refractivity contribution in [2.45, 2.75) is 45.8 Å². The van der Waals surface area contributed by atoms with Gasteiger partial charge in [0.05, 0.1) is 12.2 Å². The number of rotatable bonds is 8. The summed E-state index contributed by atoms with van der Waals surface area (Å²) in [7, 11) is 1.93. The molecule has 0 fully saturated rings. The fourth-order valence-corrected chi connectivity index (χ4v) is 2.83. The Morgan fingerprint density at radius 1 is 1.19 bits per heavy atom. The summed E-state index contributed by atoms with van der Waals surface area (Å²) in [6.07, 6.45) is 1.79. The summed E-state index contributed by atoms with van der Waals surface area (Å²) in [5, 5.41) is 14.6. The average Bonchev–Trinajstić information content (AvgIpc) is 3.03. The zero-order chi connectivity index (χ0) is 19.0. The second kappa shape index (κ2) is 9.38. The van der Waals surface area contributed by atoms with Gasteiger partial charge in [0.1, 0.15) is 0 Å². The van der Waals surface area contributed by atoms with Gasteiger partial charge in [0.15, 0.2) is 5.96 Å². The number of hydrogen-bond donors (Lipinski definition) is 3. The minimum absolute atomic E-state index is 0.0853. The molecule has 142 valence electrons. The summed E-state index contributed by atoms with van der Waals surface area (Å²) in [4.78, 5) is 4.66. The molecule has 0 bridgehead atoms. The Morgan fingerprint density at radius 2 is 1.92 bits per heavy atom. The normalized spacial score (nSPS) is 13.5. The van der Waals surface area contributed by atoms with E-state index < -0.39 is 0 Å². The summed E-state index contributed by atoms with van der Waals surface area (Å²) < 4.78 is 1.85. The van der Waals surface area contributed by atoms with Gasteiger partial charge in [0, 0.05) is 37.9 Å². The fraction of sp³-hybridized carbons (Fsp3) is 0.500. The van der Waals surface area contributed by atoms with Gasteiger partial charge < -0.3 is 16.0 Å². The molecule has 1 aromatic carbocycles. The number of hydrogen-bond acceptors (Lipinski definition) is 3. The summed E-state index contributed by atoms with van der Waals surface area (Å²) in [5.41, 5.74) is 2.28. The van der Waals surface area contributed by atoms with E-state index in [0.717, 1.165) is 24.7 Å². The van der Waals surface area contributed by atoms with Crippen LogP contribution in [0.3, 0.4) is 0 Å². The number of nitrogens with one attached hydrogen (secondary N) is 3. The van der Waals surface area contributed by atoms with Gasteiger partial charge >= 0.3 is 0 Å². The quantitative estimate of drug-likeness (QED) is 0.502. The molecule has 1 aromatic heterocycles. The minimum atomic E-state index is -0.0853. The second-order valence-corrected chi connectivity index (χ2v) is 7.16. The topological polar surface area (TPSA) is 66.3 Å². The van der Waals surface area contributed by atoms with Gasteiger partial charge in [-0.15, -0.1) is 0 Å². The number of nitrogens with zero attached hydrogens (tertiary/aromatic N) is 3.